The maximum atomic E-state index is 10.3. The number of hydrogen-bond donors (Lipinski definition) is 2. The normalized spacial score (nSPS) is 40.9. The summed E-state index contributed by atoms with van der Waals surface area (Å²) in [5.74, 6) is 1.36. The number of carboxylic acid groups (broad SMARTS) is 1. The van der Waals surface area contributed by atoms with Crippen LogP contribution in [0.5, 0.6) is 0 Å². The van der Waals surface area contributed by atoms with E-state index < -0.39 is 6.09 Å². The third-order valence-electron chi connectivity index (χ3n) is 2.95. The van der Waals surface area contributed by atoms with Gasteiger partial charge in [-0.2, -0.15) is 0 Å². The minimum absolute atomic E-state index is 0.301. The molecule has 2 N–H and O–H groups in total. The first-order valence-electron chi connectivity index (χ1n) is 4.28. The van der Waals surface area contributed by atoms with Crippen LogP contribution >= 0.6 is 0 Å². The Morgan fingerprint density at radius 3 is 2.27 bits per heavy atom. The summed E-state index contributed by atoms with van der Waals surface area (Å²) in [7, 11) is 0. The van der Waals surface area contributed by atoms with Crippen LogP contribution in [-0.4, -0.2) is 17.2 Å². The van der Waals surface area contributed by atoms with Crippen molar-refractivity contribution in [3.8, 4) is 0 Å². The molecular weight excluding hydrogens is 142 g/mol. The first-order valence-corrected chi connectivity index (χ1v) is 4.28. The third kappa shape index (κ3) is 1.19. The predicted molar refractivity (Wildman–Crippen MR) is 40.4 cm³/mol. The van der Waals surface area contributed by atoms with Crippen molar-refractivity contribution < 1.29 is 9.90 Å². The van der Waals surface area contributed by atoms with Crippen molar-refractivity contribution >= 4 is 6.09 Å². The van der Waals surface area contributed by atoms with Crippen molar-refractivity contribution in [2.45, 2.75) is 31.7 Å². The molecule has 2 aliphatic carbocycles. The zero-order chi connectivity index (χ0) is 7.84. The Balaban J connectivity index is 1.85. The van der Waals surface area contributed by atoms with E-state index in [1.165, 1.54) is 25.7 Å². The number of amides is 1. The SMILES string of the molecule is O=C(O)NC1C2CCCCC21. The smallest absolute Gasteiger partial charge is 0.404 e. The van der Waals surface area contributed by atoms with Crippen LogP contribution in [-0.2, 0) is 0 Å². The molecule has 11 heavy (non-hydrogen) atoms. The molecule has 2 aliphatic rings. The maximum Gasteiger partial charge on any atom is 0.404 e. The van der Waals surface area contributed by atoms with E-state index in [1.54, 1.807) is 0 Å². The fourth-order valence-corrected chi connectivity index (χ4v) is 2.35. The van der Waals surface area contributed by atoms with Crippen molar-refractivity contribution in [2.24, 2.45) is 11.8 Å². The van der Waals surface area contributed by atoms with Crippen LogP contribution in [0.3, 0.4) is 0 Å². The molecular formula is C8H13NO2. The predicted octanol–water partition coefficient (Wildman–Crippen LogP) is 1.44. The van der Waals surface area contributed by atoms with Gasteiger partial charge in [0.15, 0.2) is 0 Å². The molecule has 2 rings (SSSR count). The number of rotatable bonds is 1. The lowest BCUT2D eigenvalue weighted by molar-refractivity contribution is 0.193. The van der Waals surface area contributed by atoms with Gasteiger partial charge in [0, 0.05) is 6.04 Å². The highest BCUT2D eigenvalue weighted by atomic mass is 16.4. The molecule has 2 saturated carbocycles. The van der Waals surface area contributed by atoms with Crippen LogP contribution in [0.25, 0.3) is 0 Å². The van der Waals surface area contributed by atoms with Crippen LogP contribution in [0, 0.1) is 11.8 Å². The second kappa shape index (κ2) is 2.40. The molecule has 0 heterocycles. The van der Waals surface area contributed by atoms with Crippen molar-refractivity contribution in [1.29, 1.82) is 0 Å². The van der Waals surface area contributed by atoms with E-state index in [0.717, 1.165) is 0 Å². The van der Waals surface area contributed by atoms with Crippen LogP contribution < -0.4 is 5.32 Å². The average molecular weight is 155 g/mol. The lowest BCUT2D eigenvalue weighted by Crippen LogP contribution is -2.25. The number of carbonyl (C=O) groups is 1. The Morgan fingerprint density at radius 2 is 1.82 bits per heavy atom. The van der Waals surface area contributed by atoms with Gasteiger partial charge >= 0.3 is 6.09 Å². The molecule has 62 valence electrons. The van der Waals surface area contributed by atoms with Crippen molar-refractivity contribution in [2.75, 3.05) is 0 Å². The van der Waals surface area contributed by atoms with Gasteiger partial charge in [-0.25, -0.2) is 4.79 Å². The summed E-state index contributed by atoms with van der Waals surface area (Å²) < 4.78 is 0. The van der Waals surface area contributed by atoms with Crippen LogP contribution in [0.4, 0.5) is 4.79 Å². The lowest BCUT2D eigenvalue weighted by atomic mass is 10.0. The van der Waals surface area contributed by atoms with Crippen molar-refractivity contribution in [3.05, 3.63) is 0 Å². The van der Waals surface area contributed by atoms with Gasteiger partial charge in [0.1, 0.15) is 0 Å². The lowest BCUT2D eigenvalue weighted by Gasteiger charge is -2.04. The maximum absolute atomic E-state index is 10.3. The molecule has 3 heteroatoms. The zero-order valence-electron chi connectivity index (χ0n) is 6.42. The Labute approximate surface area is 65.8 Å². The second-order valence-corrected chi connectivity index (χ2v) is 3.59. The minimum atomic E-state index is -0.857. The molecule has 0 spiro atoms. The van der Waals surface area contributed by atoms with E-state index in [0.29, 0.717) is 17.9 Å². The second-order valence-electron chi connectivity index (χ2n) is 3.59. The van der Waals surface area contributed by atoms with Gasteiger partial charge in [0.25, 0.3) is 0 Å². The summed E-state index contributed by atoms with van der Waals surface area (Å²) in [5.41, 5.74) is 0. The van der Waals surface area contributed by atoms with Crippen LogP contribution in [0.15, 0.2) is 0 Å². The fraction of sp³-hybridized carbons (Fsp3) is 0.875. The van der Waals surface area contributed by atoms with Gasteiger partial charge in [-0.1, -0.05) is 12.8 Å². The summed E-state index contributed by atoms with van der Waals surface area (Å²) in [4.78, 5) is 10.3. The van der Waals surface area contributed by atoms with Crippen molar-refractivity contribution in [3.63, 3.8) is 0 Å². The summed E-state index contributed by atoms with van der Waals surface area (Å²) >= 11 is 0. The van der Waals surface area contributed by atoms with Crippen LogP contribution in [0.1, 0.15) is 25.7 Å². The van der Waals surface area contributed by atoms with Gasteiger partial charge in [-0.15, -0.1) is 0 Å². The molecule has 1 amide bonds. The fourth-order valence-electron chi connectivity index (χ4n) is 2.35. The van der Waals surface area contributed by atoms with E-state index >= 15 is 0 Å². The molecule has 0 aromatic rings. The standard InChI is InChI=1S/C8H13NO2/c10-8(11)9-7-5-3-1-2-4-6(5)7/h5-7,9H,1-4H2,(H,10,11). The topological polar surface area (TPSA) is 49.3 Å². The largest absolute Gasteiger partial charge is 0.465 e. The Kier molecular flexibility index (Phi) is 1.51. The van der Waals surface area contributed by atoms with Gasteiger partial charge in [0.2, 0.25) is 0 Å². The Morgan fingerprint density at radius 1 is 1.27 bits per heavy atom. The summed E-state index contributed by atoms with van der Waals surface area (Å²) in [6, 6.07) is 0.301. The highest BCUT2D eigenvalue weighted by Gasteiger charge is 2.51. The molecule has 3 nitrogen and oxygen atoms in total. The minimum Gasteiger partial charge on any atom is -0.465 e. The van der Waals surface area contributed by atoms with E-state index in [1.807, 2.05) is 0 Å². The number of nitrogens with one attached hydrogen (secondary N) is 1. The van der Waals surface area contributed by atoms with Gasteiger partial charge in [-0.3, -0.25) is 0 Å². The molecule has 2 unspecified atom stereocenters. The Bertz CT molecular complexity index is 169. The highest BCUT2D eigenvalue weighted by Crippen LogP contribution is 2.49. The molecule has 0 bridgehead atoms. The first kappa shape index (κ1) is 6.95. The molecule has 0 aromatic heterocycles. The summed E-state index contributed by atoms with van der Waals surface area (Å²) in [6.45, 7) is 0. The van der Waals surface area contributed by atoms with E-state index in [9.17, 15) is 4.79 Å². The van der Waals surface area contributed by atoms with Crippen molar-refractivity contribution in [1.82, 2.24) is 5.32 Å². The van der Waals surface area contributed by atoms with E-state index in [4.69, 9.17) is 5.11 Å². The Hall–Kier alpha value is -0.730. The van der Waals surface area contributed by atoms with E-state index in [-0.39, 0.29) is 0 Å². The van der Waals surface area contributed by atoms with Gasteiger partial charge in [-0.05, 0) is 24.7 Å². The molecule has 0 aromatic carbocycles. The molecule has 0 radical (unpaired) electrons. The first-order chi connectivity index (χ1) is 5.29. The molecule has 0 saturated heterocycles. The quantitative estimate of drug-likeness (QED) is 0.602. The van der Waals surface area contributed by atoms with Gasteiger partial charge in [0.05, 0.1) is 0 Å². The summed E-state index contributed by atoms with van der Waals surface area (Å²) in [6.07, 6.45) is 4.19. The number of hydrogen-bond acceptors (Lipinski definition) is 1. The zero-order valence-corrected chi connectivity index (χ0v) is 6.42. The monoisotopic (exact) mass is 155 g/mol. The third-order valence-corrected chi connectivity index (χ3v) is 2.95. The molecule has 2 fully saturated rings. The van der Waals surface area contributed by atoms with E-state index in [2.05, 4.69) is 5.32 Å². The molecule has 0 aliphatic heterocycles. The number of fused-ring (bicyclic) bond motifs is 1. The average Bonchev–Trinajstić information content (AvgIpc) is 2.64. The highest BCUT2D eigenvalue weighted by molar-refractivity contribution is 5.65. The van der Waals surface area contributed by atoms with Crippen LogP contribution in [0.2, 0.25) is 0 Å². The summed E-state index contributed by atoms with van der Waals surface area (Å²) in [5, 5.41) is 11.0. The van der Waals surface area contributed by atoms with Gasteiger partial charge < -0.3 is 10.4 Å². The molecule has 2 atom stereocenters.